The van der Waals surface area contributed by atoms with Gasteiger partial charge in [0.05, 0.1) is 0 Å². The molecule has 0 saturated heterocycles. The first-order valence-electron chi connectivity index (χ1n) is 6.00. The third kappa shape index (κ3) is 0. The lowest BCUT2D eigenvalue weighted by atomic mass is 10.0. The number of rotatable bonds is 0. The summed E-state index contributed by atoms with van der Waals surface area (Å²) in [5.74, 6) is 0. The fraction of sp³-hybridized carbons (Fsp3) is 1.00. The summed E-state index contributed by atoms with van der Waals surface area (Å²) in [5, 5.41) is 0. The van der Waals surface area contributed by atoms with Crippen LogP contribution < -0.4 is 0 Å². The lowest BCUT2D eigenvalue weighted by molar-refractivity contribution is 0.469. The molecule has 0 bridgehead atoms. The van der Waals surface area contributed by atoms with E-state index in [0.717, 1.165) is 0 Å². The Morgan fingerprint density at radius 3 is 0.385 bits per heavy atom. The fourth-order valence-corrected chi connectivity index (χ4v) is 0. The van der Waals surface area contributed by atoms with Crippen molar-refractivity contribution in [2.24, 2.45) is 5.41 Å². The quantitative estimate of drug-likeness (QED) is 0.431. The molecule has 0 atom stereocenters. The maximum Gasteiger partial charge on any atom is -0.0411 e. The SMILES string of the molecule is CC.CC.CC.CC.CC(C)(C)C. The van der Waals surface area contributed by atoms with Gasteiger partial charge in [-0.15, -0.1) is 0 Å². The summed E-state index contributed by atoms with van der Waals surface area (Å²) in [6.45, 7) is 24.8. The Bertz CT molecular complexity index is 15.5. The Hall–Kier alpha value is 0. The minimum absolute atomic E-state index is 0.500. The summed E-state index contributed by atoms with van der Waals surface area (Å²) >= 11 is 0. The number of hydrogen-bond acceptors (Lipinski definition) is 0. The Kier molecular flexibility index (Phi) is 90.8. The highest BCUT2D eigenvalue weighted by molar-refractivity contribution is 4.47. The molecule has 0 aromatic carbocycles. The molecule has 0 saturated carbocycles. The van der Waals surface area contributed by atoms with E-state index in [-0.39, 0.29) is 0 Å². The van der Waals surface area contributed by atoms with E-state index in [1.807, 2.05) is 55.4 Å². The van der Waals surface area contributed by atoms with E-state index in [9.17, 15) is 0 Å². The van der Waals surface area contributed by atoms with E-state index in [4.69, 9.17) is 0 Å². The van der Waals surface area contributed by atoms with Crippen LogP contribution in [0.2, 0.25) is 0 Å². The zero-order valence-corrected chi connectivity index (χ0v) is 12.5. The van der Waals surface area contributed by atoms with Crippen LogP contribution in [0.1, 0.15) is 83.1 Å². The molecule has 0 aromatic heterocycles. The van der Waals surface area contributed by atoms with Gasteiger partial charge < -0.3 is 0 Å². The molecule has 0 heteroatoms. The Morgan fingerprint density at radius 1 is 0.385 bits per heavy atom. The first-order valence-corrected chi connectivity index (χ1v) is 6.00. The second kappa shape index (κ2) is 40.3. The van der Waals surface area contributed by atoms with Crippen LogP contribution in [0.4, 0.5) is 0 Å². The van der Waals surface area contributed by atoms with Crippen molar-refractivity contribution in [3.8, 4) is 0 Å². The van der Waals surface area contributed by atoms with Gasteiger partial charge in [0.2, 0.25) is 0 Å². The summed E-state index contributed by atoms with van der Waals surface area (Å²) in [5.41, 5.74) is 0.500. The predicted molar refractivity (Wildman–Crippen MR) is 70.5 cm³/mol. The van der Waals surface area contributed by atoms with Gasteiger partial charge in [-0.3, -0.25) is 0 Å². The summed E-state index contributed by atoms with van der Waals surface area (Å²) in [6.07, 6.45) is 0. The van der Waals surface area contributed by atoms with Crippen LogP contribution in [0, 0.1) is 5.41 Å². The van der Waals surface area contributed by atoms with Crippen molar-refractivity contribution in [3.05, 3.63) is 0 Å². The van der Waals surface area contributed by atoms with Gasteiger partial charge in [0.25, 0.3) is 0 Å². The normalized spacial score (nSPS) is 6.46. The highest BCUT2D eigenvalue weighted by Gasteiger charge is 1.95. The maximum atomic E-state index is 2.19. The summed E-state index contributed by atoms with van der Waals surface area (Å²) in [7, 11) is 0. The van der Waals surface area contributed by atoms with Crippen LogP contribution in [-0.4, -0.2) is 0 Å². The smallest absolute Gasteiger partial charge is 0.0411 e. The molecule has 0 aromatic rings. The lowest BCUT2D eigenvalue weighted by Crippen LogP contribution is -1.93. The van der Waals surface area contributed by atoms with Gasteiger partial charge in [-0.05, 0) is 5.41 Å². The van der Waals surface area contributed by atoms with Crippen LogP contribution in [0.15, 0.2) is 0 Å². The van der Waals surface area contributed by atoms with Gasteiger partial charge in [-0.25, -0.2) is 0 Å². The van der Waals surface area contributed by atoms with Crippen molar-refractivity contribution in [1.29, 1.82) is 0 Å². The molecule has 88 valence electrons. The van der Waals surface area contributed by atoms with E-state index in [2.05, 4.69) is 27.7 Å². The van der Waals surface area contributed by atoms with Crippen LogP contribution >= 0.6 is 0 Å². The van der Waals surface area contributed by atoms with E-state index in [1.54, 1.807) is 0 Å². The van der Waals surface area contributed by atoms with Crippen molar-refractivity contribution in [1.82, 2.24) is 0 Å². The molecule has 13 heavy (non-hydrogen) atoms. The van der Waals surface area contributed by atoms with E-state index in [0.29, 0.717) is 5.41 Å². The molecule has 0 unspecified atom stereocenters. The van der Waals surface area contributed by atoms with Crippen molar-refractivity contribution in [3.63, 3.8) is 0 Å². The van der Waals surface area contributed by atoms with Crippen LogP contribution in [0.3, 0.4) is 0 Å². The third-order valence-electron chi connectivity index (χ3n) is 0. The minimum atomic E-state index is 0.500. The predicted octanol–water partition coefficient (Wildman–Crippen LogP) is 6.16. The molecule has 0 fully saturated rings. The molecule has 0 heterocycles. The number of hydrogen-bond donors (Lipinski definition) is 0. The molecule has 0 aliphatic rings. The Balaban J connectivity index is -0.0000000230. The molecule has 0 aliphatic carbocycles. The van der Waals surface area contributed by atoms with Crippen molar-refractivity contribution >= 4 is 0 Å². The molecule has 0 nitrogen and oxygen atoms in total. The largest absolute Gasteiger partial charge is 0.0683 e. The lowest BCUT2D eigenvalue weighted by Gasteiger charge is -2.05. The second-order valence-electron chi connectivity index (χ2n) is 3.00. The highest BCUT2D eigenvalue weighted by atomic mass is 14.0. The Labute approximate surface area is 89.1 Å². The first kappa shape index (κ1) is 29.2. The topological polar surface area (TPSA) is 0 Å². The zero-order chi connectivity index (χ0) is 12.5. The van der Waals surface area contributed by atoms with Crippen molar-refractivity contribution in [2.45, 2.75) is 83.1 Å². The molecule has 0 rings (SSSR count). The van der Waals surface area contributed by atoms with E-state index in [1.165, 1.54) is 0 Å². The van der Waals surface area contributed by atoms with Gasteiger partial charge in [0.15, 0.2) is 0 Å². The van der Waals surface area contributed by atoms with Gasteiger partial charge in [-0.1, -0.05) is 83.1 Å². The van der Waals surface area contributed by atoms with E-state index < -0.39 is 0 Å². The summed E-state index contributed by atoms with van der Waals surface area (Å²) < 4.78 is 0. The van der Waals surface area contributed by atoms with Crippen LogP contribution in [0.5, 0.6) is 0 Å². The van der Waals surface area contributed by atoms with Crippen molar-refractivity contribution < 1.29 is 0 Å². The zero-order valence-electron chi connectivity index (χ0n) is 12.5. The summed E-state index contributed by atoms with van der Waals surface area (Å²) in [6, 6.07) is 0. The molecule has 0 radical (unpaired) electrons. The molecular formula is C13H36. The van der Waals surface area contributed by atoms with Crippen molar-refractivity contribution in [2.75, 3.05) is 0 Å². The Morgan fingerprint density at radius 2 is 0.385 bits per heavy atom. The van der Waals surface area contributed by atoms with Gasteiger partial charge in [0, 0.05) is 0 Å². The maximum absolute atomic E-state index is 2.19. The fourth-order valence-electron chi connectivity index (χ4n) is 0. The van der Waals surface area contributed by atoms with Crippen LogP contribution in [-0.2, 0) is 0 Å². The molecular weight excluding hydrogens is 156 g/mol. The van der Waals surface area contributed by atoms with E-state index >= 15 is 0 Å². The average Bonchev–Trinajstić information content (AvgIpc) is 2.14. The van der Waals surface area contributed by atoms with Crippen LogP contribution in [0.25, 0.3) is 0 Å². The van der Waals surface area contributed by atoms with Gasteiger partial charge in [-0.2, -0.15) is 0 Å². The van der Waals surface area contributed by atoms with Gasteiger partial charge >= 0.3 is 0 Å². The monoisotopic (exact) mass is 192 g/mol. The molecule has 0 N–H and O–H groups in total. The molecule has 0 aliphatic heterocycles. The minimum Gasteiger partial charge on any atom is -0.0683 e. The second-order valence-corrected chi connectivity index (χ2v) is 3.00. The molecule has 0 spiro atoms. The van der Waals surface area contributed by atoms with Gasteiger partial charge in [0.1, 0.15) is 0 Å². The summed E-state index contributed by atoms with van der Waals surface area (Å²) in [4.78, 5) is 0. The molecule has 0 amide bonds. The first-order chi connectivity index (χ1) is 6.00. The highest BCUT2D eigenvalue weighted by Crippen LogP contribution is 2.07. The average molecular weight is 192 g/mol. The standard InChI is InChI=1S/C5H12.4C2H6/c1-5(2,3)4;4*1-2/h1-4H3;4*1-2H3. The third-order valence-corrected chi connectivity index (χ3v) is 0.